The van der Waals surface area contributed by atoms with Crippen molar-refractivity contribution in [1.82, 2.24) is 15.0 Å². The average molecular weight is 407 g/mol. The van der Waals surface area contributed by atoms with Gasteiger partial charge < -0.3 is 10.2 Å². The zero-order valence-corrected chi connectivity index (χ0v) is 16.3. The van der Waals surface area contributed by atoms with Gasteiger partial charge in [-0.25, -0.2) is 13.4 Å². The molecule has 29 heavy (non-hydrogen) atoms. The van der Waals surface area contributed by atoms with Crippen LogP contribution in [0, 0.1) is 0 Å². The molecule has 0 unspecified atom stereocenters. The highest BCUT2D eigenvalue weighted by Crippen LogP contribution is 2.21. The van der Waals surface area contributed by atoms with Gasteiger partial charge in [-0.3, -0.25) is 15.0 Å². The number of nitrogens with two attached hydrogens (primary N) is 1. The van der Waals surface area contributed by atoms with Gasteiger partial charge in [-0.1, -0.05) is 0 Å². The normalized spacial score (nSPS) is 12.4. The van der Waals surface area contributed by atoms with E-state index in [-0.39, 0.29) is 15.6 Å². The number of furan rings is 1. The molecule has 0 bridgehead atoms. The molecule has 9 heteroatoms. The molecular weight excluding hydrogens is 390 g/mol. The smallest absolute Gasteiger partial charge is 0.209 e. The SMILES string of the molecule is CC(=NCc1ccc(S(=O)(=O)c2ccc(N)nc2)cn1)c1cc2ccncc2o1. The highest BCUT2D eigenvalue weighted by atomic mass is 32.2. The molecule has 0 amide bonds. The van der Waals surface area contributed by atoms with Crippen molar-refractivity contribution in [3.05, 3.63) is 72.6 Å². The fourth-order valence-electron chi connectivity index (χ4n) is 2.69. The second-order valence-corrected chi connectivity index (χ2v) is 8.28. The molecule has 0 spiro atoms. The van der Waals surface area contributed by atoms with E-state index in [0.717, 1.165) is 5.39 Å². The number of hydrogen-bond acceptors (Lipinski definition) is 8. The van der Waals surface area contributed by atoms with E-state index in [2.05, 4.69) is 19.9 Å². The monoisotopic (exact) mass is 407 g/mol. The van der Waals surface area contributed by atoms with Crippen LogP contribution in [0.5, 0.6) is 0 Å². The van der Waals surface area contributed by atoms with Gasteiger partial charge in [0.05, 0.1) is 33.9 Å². The van der Waals surface area contributed by atoms with Crippen LogP contribution < -0.4 is 5.73 Å². The molecule has 0 radical (unpaired) electrons. The molecule has 0 atom stereocenters. The van der Waals surface area contributed by atoms with E-state index in [0.29, 0.717) is 29.3 Å². The number of sulfone groups is 1. The van der Waals surface area contributed by atoms with Gasteiger partial charge in [0.25, 0.3) is 0 Å². The third kappa shape index (κ3) is 3.85. The molecule has 4 heterocycles. The molecule has 0 fully saturated rings. The molecule has 4 aromatic heterocycles. The van der Waals surface area contributed by atoms with Gasteiger partial charge >= 0.3 is 0 Å². The maximum Gasteiger partial charge on any atom is 0.209 e. The zero-order valence-electron chi connectivity index (χ0n) is 15.5. The van der Waals surface area contributed by atoms with Crippen LogP contribution >= 0.6 is 0 Å². The predicted octanol–water partition coefficient (Wildman–Crippen LogP) is 3.04. The summed E-state index contributed by atoms with van der Waals surface area (Å²) in [4.78, 5) is 16.7. The van der Waals surface area contributed by atoms with Crippen LogP contribution in [0.3, 0.4) is 0 Å². The molecule has 2 N–H and O–H groups in total. The summed E-state index contributed by atoms with van der Waals surface area (Å²) >= 11 is 0. The summed E-state index contributed by atoms with van der Waals surface area (Å²) in [6.45, 7) is 2.14. The number of rotatable bonds is 5. The predicted molar refractivity (Wildman–Crippen MR) is 108 cm³/mol. The first-order valence-corrected chi connectivity index (χ1v) is 10.2. The minimum atomic E-state index is -3.70. The lowest BCUT2D eigenvalue weighted by Crippen LogP contribution is -2.04. The van der Waals surface area contributed by atoms with E-state index < -0.39 is 9.84 Å². The lowest BCUT2D eigenvalue weighted by atomic mass is 10.2. The van der Waals surface area contributed by atoms with E-state index in [9.17, 15) is 8.42 Å². The summed E-state index contributed by atoms with van der Waals surface area (Å²) in [5, 5.41) is 0.953. The van der Waals surface area contributed by atoms with Crippen LogP contribution in [-0.2, 0) is 16.4 Å². The molecule has 0 aromatic carbocycles. The number of aromatic nitrogens is 3. The summed E-state index contributed by atoms with van der Waals surface area (Å²) in [7, 11) is -3.70. The Morgan fingerprint density at radius 2 is 1.83 bits per heavy atom. The average Bonchev–Trinajstić information content (AvgIpc) is 3.17. The highest BCUT2D eigenvalue weighted by Gasteiger charge is 2.18. The fraction of sp³-hybridized carbons (Fsp3) is 0.100. The Hall–Kier alpha value is -3.59. The van der Waals surface area contributed by atoms with Crippen LogP contribution in [0.1, 0.15) is 18.4 Å². The molecule has 0 aliphatic rings. The van der Waals surface area contributed by atoms with Gasteiger partial charge in [0.2, 0.25) is 9.84 Å². The van der Waals surface area contributed by atoms with E-state index in [4.69, 9.17) is 10.2 Å². The van der Waals surface area contributed by atoms with Gasteiger partial charge in [-0.05, 0) is 43.3 Å². The lowest BCUT2D eigenvalue weighted by Gasteiger charge is -2.05. The Morgan fingerprint density at radius 3 is 2.48 bits per heavy atom. The third-order valence-corrected chi connectivity index (χ3v) is 6.06. The molecule has 4 aromatic rings. The Morgan fingerprint density at radius 1 is 1.07 bits per heavy atom. The minimum absolute atomic E-state index is 0.0643. The summed E-state index contributed by atoms with van der Waals surface area (Å²) in [5.74, 6) is 0.911. The number of hydrogen-bond donors (Lipinski definition) is 1. The number of fused-ring (bicyclic) bond motifs is 1. The number of nitrogen functional groups attached to an aromatic ring is 1. The third-order valence-electron chi connectivity index (χ3n) is 4.34. The highest BCUT2D eigenvalue weighted by molar-refractivity contribution is 7.91. The number of aliphatic imine (C=N–C) groups is 1. The Balaban J connectivity index is 1.52. The van der Waals surface area contributed by atoms with Crippen LogP contribution in [-0.4, -0.2) is 29.1 Å². The number of pyridine rings is 3. The van der Waals surface area contributed by atoms with Crippen molar-refractivity contribution in [2.75, 3.05) is 5.73 Å². The second kappa shape index (κ2) is 7.44. The van der Waals surface area contributed by atoms with E-state index >= 15 is 0 Å². The maximum atomic E-state index is 12.6. The van der Waals surface area contributed by atoms with Crippen molar-refractivity contribution in [3.8, 4) is 0 Å². The molecule has 0 saturated carbocycles. The Bertz CT molecular complexity index is 1260. The van der Waals surface area contributed by atoms with Crippen LogP contribution in [0.4, 0.5) is 5.82 Å². The zero-order chi connectivity index (χ0) is 20.4. The van der Waals surface area contributed by atoms with E-state index in [1.54, 1.807) is 18.5 Å². The van der Waals surface area contributed by atoms with Gasteiger partial charge in [-0.2, -0.15) is 0 Å². The largest absolute Gasteiger partial charge is 0.453 e. The van der Waals surface area contributed by atoms with Crippen molar-refractivity contribution in [1.29, 1.82) is 0 Å². The number of nitrogens with zero attached hydrogens (tertiary/aromatic N) is 4. The standard InChI is InChI=1S/C20H17N5O3S/c1-13(18-8-14-6-7-22-12-19(14)28-18)23-9-15-2-3-16(10-24-15)29(26,27)17-4-5-20(21)25-11-17/h2-8,10-12H,9H2,1H3,(H2,21,25). The van der Waals surface area contributed by atoms with Crippen LogP contribution in [0.15, 0.2) is 80.4 Å². The first-order chi connectivity index (χ1) is 13.9. The Kier molecular flexibility index (Phi) is 4.81. The summed E-state index contributed by atoms with van der Waals surface area (Å²) in [6, 6.07) is 9.78. The fourth-order valence-corrected chi connectivity index (χ4v) is 3.84. The molecule has 8 nitrogen and oxygen atoms in total. The van der Waals surface area contributed by atoms with Gasteiger partial charge in [0.15, 0.2) is 5.58 Å². The second-order valence-electron chi connectivity index (χ2n) is 6.33. The number of anilines is 1. The van der Waals surface area contributed by atoms with Gasteiger partial charge in [0, 0.05) is 24.0 Å². The van der Waals surface area contributed by atoms with Crippen molar-refractivity contribution in [2.24, 2.45) is 4.99 Å². The summed E-state index contributed by atoms with van der Waals surface area (Å²) in [6.07, 6.45) is 5.91. The quantitative estimate of drug-likeness (QED) is 0.504. The molecule has 0 saturated heterocycles. The van der Waals surface area contributed by atoms with Crippen LogP contribution in [0.25, 0.3) is 11.0 Å². The molecule has 4 rings (SSSR count). The van der Waals surface area contributed by atoms with Gasteiger partial charge in [-0.15, -0.1) is 0 Å². The van der Waals surface area contributed by atoms with Crippen molar-refractivity contribution in [3.63, 3.8) is 0 Å². The lowest BCUT2D eigenvalue weighted by molar-refractivity contribution is 0.595. The molecule has 0 aliphatic heterocycles. The van der Waals surface area contributed by atoms with Gasteiger partial charge in [0.1, 0.15) is 11.6 Å². The minimum Gasteiger partial charge on any atom is -0.453 e. The topological polar surface area (TPSA) is 124 Å². The molecular formula is C20H17N5O3S. The first-order valence-electron chi connectivity index (χ1n) is 8.70. The summed E-state index contributed by atoms with van der Waals surface area (Å²) in [5.41, 5.74) is 7.56. The summed E-state index contributed by atoms with van der Waals surface area (Å²) < 4.78 is 31.0. The van der Waals surface area contributed by atoms with Crippen molar-refractivity contribution >= 4 is 32.3 Å². The van der Waals surface area contributed by atoms with E-state index in [1.165, 1.54) is 30.6 Å². The van der Waals surface area contributed by atoms with Crippen molar-refractivity contribution < 1.29 is 12.8 Å². The maximum absolute atomic E-state index is 12.6. The van der Waals surface area contributed by atoms with Crippen LogP contribution in [0.2, 0.25) is 0 Å². The van der Waals surface area contributed by atoms with Crippen molar-refractivity contribution in [2.45, 2.75) is 23.3 Å². The van der Waals surface area contributed by atoms with E-state index in [1.807, 2.05) is 19.1 Å². The Labute approximate surface area is 167 Å². The molecule has 146 valence electrons. The molecule has 0 aliphatic carbocycles. The first kappa shape index (κ1) is 18.8.